The first-order valence-corrected chi connectivity index (χ1v) is 9.40. The molecule has 31 heavy (non-hydrogen) atoms. The van der Waals surface area contributed by atoms with Crippen LogP contribution in [0.5, 0.6) is 17.2 Å². The highest BCUT2D eigenvalue weighted by Crippen LogP contribution is 2.38. The van der Waals surface area contributed by atoms with E-state index in [-0.39, 0.29) is 29.1 Å². The number of hydrogen-bond donors (Lipinski definition) is 0. The standard InChI is InChI=1S/C24H17F3O4/c1-15-6-5-9-18(12-15)30-22-21(28)19-11-10-17(29-14-16-7-3-2-4-8-16)13-20(19)31-23(22)24(25,26)27/h2-13H,14H2,1H3. The van der Waals surface area contributed by atoms with Crippen molar-refractivity contribution < 1.29 is 27.1 Å². The van der Waals surface area contributed by atoms with Gasteiger partial charge in [0.05, 0.1) is 5.39 Å². The molecule has 0 aliphatic carbocycles. The summed E-state index contributed by atoms with van der Waals surface area (Å²) >= 11 is 0. The zero-order valence-corrected chi connectivity index (χ0v) is 16.4. The van der Waals surface area contributed by atoms with Crippen LogP contribution in [0.25, 0.3) is 11.0 Å². The number of hydrogen-bond acceptors (Lipinski definition) is 4. The van der Waals surface area contributed by atoms with E-state index in [1.54, 1.807) is 19.1 Å². The SMILES string of the molecule is Cc1cccc(Oc2c(C(F)(F)F)oc3cc(OCc4ccccc4)ccc3c2=O)c1. The first-order chi connectivity index (χ1) is 14.8. The Morgan fingerprint density at radius 1 is 0.903 bits per heavy atom. The molecule has 0 N–H and O–H groups in total. The molecule has 0 aliphatic rings. The first kappa shape index (κ1) is 20.5. The van der Waals surface area contributed by atoms with Crippen LogP contribution in [-0.4, -0.2) is 0 Å². The van der Waals surface area contributed by atoms with E-state index in [0.717, 1.165) is 11.1 Å². The molecule has 1 heterocycles. The summed E-state index contributed by atoms with van der Waals surface area (Å²) in [4.78, 5) is 12.9. The van der Waals surface area contributed by atoms with Crippen molar-refractivity contribution in [2.24, 2.45) is 0 Å². The first-order valence-electron chi connectivity index (χ1n) is 9.40. The number of ether oxygens (including phenoxy) is 2. The van der Waals surface area contributed by atoms with Crippen molar-refractivity contribution in [1.29, 1.82) is 0 Å². The maximum Gasteiger partial charge on any atom is 0.453 e. The van der Waals surface area contributed by atoms with Crippen molar-refractivity contribution in [3.63, 3.8) is 0 Å². The van der Waals surface area contributed by atoms with Crippen LogP contribution in [0.15, 0.2) is 82.0 Å². The monoisotopic (exact) mass is 426 g/mol. The smallest absolute Gasteiger partial charge is 0.453 e. The van der Waals surface area contributed by atoms with Crippen LogP contribution in [-0.2, 0) is 12.8 Å². The van der Waals surface area contributed by atoms with Gasteiger partial charge in [0.15, 0.2) is 0 Å². The van der Waals surface area contributed by atoms with E-state index in [9.17, 15) is 18.0 Å². The van der Waals surface area contributed by atoms with Crippen molar-refractivity contribution in [1.82, 2.24) is 0 Å². The van der Waals surface area contributed by atoms with Crippen LogP contribution in [0.3, 0.4) is 0 Å². The Bertz CT molecular complexity index is 1280. The van der Waals surface area contributed by atoms with Crippen molar-refractivity contribution >= 4 is 11.0 Å². The van der Waals surface area contributed by atoms with Crippen molar-refractivity contribution in [2.45, 2.75) is 19.7 Å². The molecule has 0 fully saturated rings. The topological polar surface area (TPSA) is 48.7 Å². The molecule has 0 aliphatic heterocycles. The van der Waals surface area contributed by atoms with Gasteiger partial charge >= 0.3 is 6.18 Å². The second kappa shape index (κ2) is 8.18. The van der Waals surface area contributed by atoms with Crippen LogP contribution in [0.1, 0.15) is 16.9 Å². The minimum atomic E-state index is -4.92. The molecule has 4 nitrogen and oxygen atoms in total. The van der Waals surface area contributed by atoms with Gasteiger partial charge in [-0.2, -0.15) is 13.2 Å². The van der Waals surface area contributed by atoms with Gasteiger partial charge in [-0.3, -0.25) is 4.79 Å². The zero-order valence-electron chi connectivity index (χ0n) is 16.4. The fourth-order valence-corrected chi connectivity index (χ4v) is 3.06. The predicted molar refractivity (Wildman–Crippen MR) is 110 cm³/mol. The highest BCUT2D eigenvalue weighted by Gasteiger charge is 2.40. The lowest BCUT2D eigenvalue weighted by Gasteiger charge is -2.14. The lowest BCUT2D eigenvalue weighted by molar-refractivity contribution is -0.154. The summed E-state index contributed by atoms with van der Waals surface area (Å²) in [5, 5.41) is -0.0392. The quantitative estimate of drug-likeness (QED) is 0.366. The normalized spacial score (nSPS) is 11.5. The average molecular weight is 426 g/mol. The number of halogens is 3. The summed E-state index contributed by atoms with van der Waals surface area (Å²) in [6.07, 6.45) is -4.92. The van der Waals surface area contributed by atoms with E-state index in [4.69, 9.17) is 13.9 Å². The molecule has 0 amide bonds. The minimum absolute atomic E-state index is 0.0392. The maximum absolute atomic E-state index is 13.7. The predicted octanol–water partition coefficient (Wildman–Crippen LogP) is 6.49. The summed E-state index contributed by atoms with van der Waals surface area (Å²) in [5.74, 6) is -2.00. The van der Waals surface area contributed by atoms with E-state index in [1.807, 2.05) is 30.3 Å². The molecule has 0 bridgehead atoms. The average Bonchev–Trinajstić information content (AvgIpc) is 2.74. The molecule has 0 atom stereocenters. The molecule has 3 aromatic carbocycles. The van der Waals surface area contributed by atoms with Crippen molar-refractivity contribution in [3.8, 4) is 17.2 Å². The van der Waals surface area contributed by atoms with E-state index < -0.39 is 23.1 Å². The Kier molecular flexibility index (Phi) is 5.42. The fraction of sp³-hybridized carbons (Fsp3) is 0.125. The molecule has 158 valence electrons. The van der Waals surface area contributed by atoms with Crippen LogP contribution < -0.4 is 14.9 Å². The lowest BCUT2D eigenvalue weighted by atomic mass is 10.2. The summed E-state index contributed by atoms with van der Waals surface area (Å²) in [5.41, 5.74) is 0.516. The molecule has 0 unspecified atom stereocenters. The van der Waals surface area contributed by atoms with E-state index in [2.05, 4.69) is 0 Å². The molecule has 4 rings (SSSR count). The molecule has 1 aromatic heterocycles. The van der Waals surface area contributed by atoms with E-state index in [1.165, 1.54) is 30.3 Å². The van der Waals surface area contributed by atoms with Gasteiger partial charge in [0.2, 0.25) is 11.2 Å². The highest BCUT2D eigenvalue weighted by atomic mass is 19.4. The van der Waals surface area contributed by atoms with Gasteiger partial charge in [-0.05, 0) is 42.3 Å². The molecule has 0 saturated heterocycles. The minimum Gasteiger partial charge on any atom is -0.489 e. The number of rotatable bonds is 5. The number of alkyl halides is 3. The van der Waals surface area contributed by atoms with Gasteiger partial charge in [-0.15, -0.1) is 0 Å². The Labute approximate surface area is 175 Å². The number of benzene rings is 3. The van der Waals surface area contributed by atoms with Crippen LogP contribution >= 0.6 is 0 Å². The highest BCUT2D eigenvalue weighted by molar-refractivity contribution is 5.79. The van der Waals surface area contributed by atoms with Gasteiger partial charge < -0.3 is 13.9 Å². The lowest BCUT2D eigenvalue weighted by Crippen LogP contribution is -2.15. The van der Waals surface area contributed by atoms with E-state index >= 15 is 0 Å². The van der Waals surface area contributed by atoms with Crippen molar-refractivity contribution in [3.05, 3.63) is 99.9 Å². The molecular formula is C24H17F3O4. The molecule has 0 saturated carbocycles. The Morgan fingerprint density at radius 2 is 1.68 bits per heavy atom. The fourth-order valence-electron chi connectivity index (χ4n) is 3.06. The Hall–Kier alpha value is -3.74. The molecule has 0 spiro atoms. The zero-order chi connectivity index (χ0) is 22.0. The van der Waals surface area contributed by atoms with Crippen LogP contribution in [0.4, 0.5) is 13.2 Å². The summed E-state index contributed by atoms with van der Waals surface area (Å²) < 4.78 is 57.1. The number of aryl methyl sites for hydroxylation is 1. The number of fused-ring (bicyclic) bond motifs is 1. The molecule has 4 aromatic rings. The third kappa shape index (κ3) is 4.55. The van der Waals surface area contributed by atoms with Gasteiger partial charge in [-0.25, -0.2) is 0 Å². The summed E-state index contributed by atoms with van der Waals surface area (Å²) in [6.45, 7) is 1.98. The van der Waals surface area contributed by atoms with Gasteiger partial charge in [0.25, 0.3) is 5.76 Å². The molecular weight excluding hydrogens is 409 g/mol. The van der Waals surface area contributed by atoms with Crippen molar-refractivity contribution in [2.75, 3.05) is 0 Å². The third-order valence-electron chi connectivity index (χ3n) is 4.54. The molecule has 7 heteroatoms. The van der Waals surface area contributed by atoms with E-state index in [0.29, 0.717) is 0 Å². The third-order valence-corrected chi connectivity index (χ3v) is 4.54. The largest absolute Gasteiger partial charge is 0.489 e. The summed E-state index contributed by atoms with van der Waals surface area (Å²) in [7, 11) is 0. The van der Waals surface area contributed by atoms with Crippen LogP contribution in [0.2, 0.25) is 0 Å². The van der Waals surface area contributed by atoms with Crippen LogP contribution in [0, 0.1) is 6.92 Å². The van der Waals surface area contributed by atoms with Gasteiger partial charge in [0, 0.05) is 6.07 Å². The maximum atomic E-state index is 13.7. The summed E-state index contributed by atoms with van der Waals surface area (Å²) in [6, 6.07) is 19.8. The second-order valence-electron chi connectivity index (χ2n) is 6.94. The van der Waals surface area contributed by atoms with Gasteiger partial charge in [-0.1, -0.05) is 42.5 Å². The second-order valence-corrected chi connectivity index (χ2v) is 6.94. The van der Waals surface area contributed by atoms with Gasteiger partial charge in [0.1, 0.15) is 23.7 Å². The Morgan fingerprint density at radius 3 is 2.39 bits per heavy atom. The Balaban J connectivity index is 1.74. The molecule has 0 radical (unpaired) electrons.